The minimum absolute atomic E-state index is 0.141. The van der Waals surface area contributed by atoms with E-state index < -0.39 is 0 Å². The Hall–Kier alpha value is -2.25. The predicted molar refractivity (Wildman–Crippen MR) is 81.5 cm³/mol. The fraction of sp³-hybridized carbons (Fsp3) is 0.125. The molecule has 0 spiro atoms. The van der Waals surface area contributed by atoms with Crippen molar-refractivity contribution in [2.24, 2.45) is 0 Å². The highest BCUT2D eigenvalue weighted by molar-refractivity contribution is 8.00. The predicted octanol–water partition coefficient (Wildman–Crippen LogP) is 3.79. The zero-order valence-electron chi connectivity index (χ0n) is 10.8. The Morgan fingerprint density at radius 2 is 1.85 bits per heavy atom. The number of H-pyrrole nitrogens is 1. The molecular formula is C16H13N3S. The Kier molecular flexibility index (Phi) is 3.71. The normalized spacial score (nSPS) is 12.2. The molecule has 1 aromatic heterocycles. The molecule has 2 aromatic carbocycles. The van der Waals surface area contributed by atoms with Crippen LogP contribution in [0.3, 0.4) is 0 Å². The van der Waals surface area contributed by atoms with E-state index in [0.717, 1.165) is 22.6 Å². The van der Waals surface area contributed by atoms with Crippen LogP contribution in [0.2, 0.25) is 0 Å². The Morgan fingerprint density at radius 3 is 2.60 bits per heavy atom. The second-order valence-corrected chi connectivity index (χ2v) is 5.68. The van der Waals surface area contributed by atoms with Crippen molar-refractivity contribution in [3.63, 3.8) is 0 Å². The van der Waals surface area contributed by atoms with Crippen molar-refractivity contribution in [3.8, 4) is 6.07 Å². The van der Waals surface area contributed by atoms with Gasteiger partial charge in [-0.3, -0.25) is 0 Å². The Bertz CT molecular complexity index is 710. The minimum Gasteiger partial charge on any atom is -0.333 e. The van der Waals surface area contributed by atoms with Gasteiger partial charge >= 0.3 is 0 Å². The Labute approximate surface area is 121 Å². The molecule has 0 aliphatic heterocycles. The SMILES string of the molecule is N#CC(Cc1ccccc1)Sc1nc2ccccc2[nH]1. The standard InChI is InChI=1S/C16H13N3S/c17-11-13(10-12-6-2-1-3-7-12)20-16-18-14-8-4-5-9-15(14)19-16/h1-9,13H,10H2,(H,18,19). The van der Waals surface area contributed by atoms with Gasteiger partial charge in [-0.25, -0.2) is 4.98 Å². The van der Waals surface area contributed by atoms with Crippen LogP contribution in [0.25, 0.3) is 11.0 Å². The number of hydrogen-bond donors (Lipinski definition) is 1. The molecule has 0 radical (unpaired) electrons. The molecule has 3 nitrogen and oxygen atoms in total. The minimum atomic E-state index is -0.141. The van der Waals surface area contributed by atoms with Crippen LogP contribution in [0.15, 0.2) is 59.8 Å². The summed E-state index contributed by atoms with van der Waals surface area (Å²) < 4.78 is 0. The quantitative estimate of drug-likeness (QED) is 0.739. The Balaban J connectivity index is 1.76. The van der Waals surface area contributed by atoms with Gasteiger partial charge in [-0.2, -0.15) is 5.26 Å². The molecule has 3 aromatic rings. The number of fused-ring (bicyclic) bond motifs is 1. The lowest BCUT2D eigenvalue weighted by atomic mass is 10.1. The number of nitriles is 1. The van der Waals surface area contributed by atoms with Crippen molar-refractivity contribution in [3.05, 3.63) is 60.2 Å². The fourth-order valence-corrected chi connectivity index (χ4v) is 2.98. The van der Waals surface area contributed by atoms with E-state index in [1.807, 2.05) is 54.6 Å². The summed E-state index contributed by atoms with van der Waals surface area (Å²) in [6.07, 6.45) is 0.721. The van der Waals surface area contributed by atoms with Gasteiger partial charge < -0.3 is 4.98 Å². The van der Waals surface area contributed by atoms with E-state index >= 15 is 0 Å². The molecule has 0 bridgehead atoms. The average molecular weight is 279 g/mol. The molecule has 98 valence electrons. The first-order valence-corrected chi connectivity index (χ1v) is 7.28. The van der Waals surface area contributed by atoms with Crippen LogP contribution in [0.1, 0.15) is 5.56 Å². The lowest BCUT2D eigenvalue weighted by Gasteiger charge is -2.06. The third-order valence-electron chi connectivity index (χ3n) is 3.03. The van der Waals surface area contributed by atoms with Gasteiger partial charge in [0.2, 0.25) is 0 Å². The van der Waals surface area contributed by atoms with Crippen LogP contribution in [-0.2, 0) is 6.42 Å². The summed E-state index contributed by atoms with van der Waals surface area (Å²) in [6, 6.07) is 20.3. The molecule has 0 aliphatic carbocycles. The van der Waals surface area contributed by atoms with Crippen molar-refractivity contribution in [2.45, 2.75) is 16.8 Å². The first-order chi connectivity index (χ1) is 9.85. The molecule has 1 heterocycles. The van der Waals surface area contributed by atoms with Gasteiger partial charge in [0.25, 0.3) is 0 Å². The van der Waals surface area contributed by atoms with Gasteiger partial charge in [0.05, 0.1) is 17.1 Å². The van der Waals surface area contributed by atoms with E-state index in [2.05, 4.69) is 16.0 Å². The molecule has 1 N–H and O–H groups in total. The van der Waals surface area contributed by atoms with Gasteiger partial charge in [-0.15, -0.1) is 0 Å². The lowest BCUT2D eigenvalue weighted by molar-refractivity contribution is 1.00. The first kappa shape index (κ1) is 12.8. The summed E-state index contributed by atoms with van der Waals surface area (Å²) in [5.41, 5.74) is 3.11. The van der Waals surface area contributed by atoms with Crippen molar-refractivity contribution >= 4 is 22.8 Å². The van der Waals surface area contributed by atoms with Gasteiger partial charge in [0, 0.05) is 0 Å². The summed E-state index contributed by atoms with van der Waals surface area (Å²) in [6.45, 7) is 0. The lowest BCUT2D eigenvalue weighted by Crippen LogP contribution is -2.04. The zero-order valence-corrected chi connectivity index (χ0v) is 11.6. The topological polar surface area (TPSA) is 52.5 Å². The highest BCUT2D eigenvalue weighted by Crippen LogP contribution is 2.25. The number of benzene rings is 2. The molecule has 0 fully saturated rings. The number of thioether (sulfide) groups is 1. The molecule has 1 unspecified atom stereocenters. The van der Waals surface area contributed by atoms with Crippen LogP contribution >= 0.6 is 11.8 Å². The number of para-hydroxylation sites is 2. The molecule has 20 heavy (non-hydrogen) atoms. The van der Waals surface area contributed by atoms with E-state index in [1.54, 1.807) is 0 Å². The third kappa shape index (κ3) is 2.84. The van der Waals surface area contributed by atoms with Gasteiger partial charge in [-0.1, -0.05) is 54.2 Å². The van der Waals surface area contributed by atoms with Crippen LogP contribution < -0.4 is 0 Å². The monoisotopic (exact) mass is 279 g/mol. The zero-order chi connectivity index (χ0) is 13.8. The van der Waals surface area contributed by atoms with E-state index in [1.165, 1.54) is 17.3 Å². The molecule has 3 rings (SSSR count). The number of hydrogen-bond acceptors (Lipinski definition) is 3. The van der Waals surface area contributed by atoms with E-state index in [-0.39, 0.29) is 5.25 Å². The van der Waals surface area contributed by atoms with Crippen LogP contribution in [-0.4, -0.2) is 15.2 Å². The van der Waals surface area contributed by atoms with Crippen molar-refractivity contribution in [1.82, 2.24) is 9.97 Å². The molecule has 1 atom stereocenters. The number of nitrogens with one attached hydrogen (secondary N) is 1. The van der Waals surface area contributed by atoms with Crippen molar-refractivity contribution in [1.29, 1.82) is 5.26 Å². The summed E-state index contributed by atoms with van der Waals surface area (Å²) in [4.78, 5) is 7.75. The fourth-order valence-electron chi connectivity index (χ4n) is 2.06. The Morgan fingerprint density at radius 1 is 1.10 bits per heavy atom. The number of aromatic amines is 1. The maximum Gasteiger partial charge on any atom is 0.167 e. The second kappa shape index (κ2) is 5.81. The second-order valence-electron chi connectivity index (χ2n) is 4.48. The van der Waals surface area contributed by atoms with Crippen LogP contribution in [0, 0.1) is 11.3 Å². The summed E-state index contributed by atoms with van der Waals surface area (Å²) in [5.74, 6) is 0. The number of aromatic nitrogens is 2. The van der Waals surface area contributed by atoms with Gasteiger partial charge in [0.1, 0.15) is 5.25 Å². The molecule has 0 amide bonds. The number of nitrogens with zero attached hydrogens (tertiary/aromatic N) is 2. The third-order valence-corrected chi connectivity index (χ3v) is 4.00. The van der Waals surface area contributed by atoms with E-state index in [4.69, 9.17) is 0 Å². The van der Waals surface area contributed by atoms with Crippen molar-refractivity contribution < 1.29 is 0 Å². The van der Waals surface area contributed by atoms with Gasteiger partial charge in [0.15, 0.2) is 5.16 Å². The van der Waals surface area contributed by atoms with Crippen molar-refractivity contribution in [2.75, 3.05) is 0 Å². The van der Waals surface area contributed by atoms with Crippen LogP contribution in [0.4, 0.5) is 0 Å². The summed E-state index contributed by atoms with van der Waals surface area (Å²) in [5, 5.41) is 9.97. The molecule has 0 saturated carbocycles. The summed E-state index contributed by atoms with van der Waals surface area (Å²) >= 11 is 1.48. The number of rotatable bonds is 4. The average Bonchev–Trinajstić information content (AvgIpc) is 2.90. The highest BCUT2D eigenvalue weighted by atomic mass is 32.2. The smallest absolute Gasteiger partial charge is 0.167 e. The molecular weight excluding hydrogens is 266 g/mol. The van der Waals surface area contributed by atoms with E-state index in [0.29, 0.717) is 0 Å². The first-order valence-electron chi connectivity index (χ1n) is 6.40. The number of imidazole rings is 1. The van der Waals surface area contributed by atoms with Crippen LogP contribution in [0.5, 0.6) is 0 Å². The highest BCUT2D eigenvalue weighted by Gasteiger charge is 2.13. The maximum absolute atomic E-state index is 9.31. The van der Waals surface area contributed by atoms with Gasteiger partial charge in [-0.05, 0) is 24.1 Å². The molecule has 4 heteroatoms. The molecule has 0 saturated heterocycles. The largest absolute Gasteiger partial charge is 0.333 e. The van der Waals surface area contributed by atoms with E-state index in [9.17, 15) is 5.26 Å². The maximum atomic E-state index is 9.31. The summed E-state index contributed by atoms with van der Waals surface area (Å²) in [7, 11) is 0. The molecule has 0 aliphatic rings.